The van der Waals surface area contributed by atoms with E-state index in [9.17, 15) is 4.79 Å². The standard InChI is InChI=1S/C10H12BrNO3/c1-6-4-7(5-15-6)12-10(13)9-8(11)2-3-14-9/h2-3,6-7H,4-5H2,1H3,(H,12,13). The lowest BCUT2D eigenvalue weighted by Crippen LogP contribution is -2.35. The maximum atomic E-state index is 11.7. The fourth-order valence-electron chi connectivity index (χ4n) is 1.62. The van der Waals surface area contributed by atoms with Crippen LogP contribution in [0.1, 0.15) is 23.9 Å². The molecule has 2 rings (SSSR count). The molecule has 2 heterocycles. The third-order valence-corrected chi connectivity index (χ3v) is 2.98. The van der Waals surface area contributed by atoms with Crippen molar-refractivity contribution in [1.82, 2.24) is 5.32 Å². The van der Waals surface area contributed by atoms with Crippen LogP contribution in [0.25, 0.3) is 0 Å². The minimum absolute atomic E-state index is 0.0875. The van der Waals surface area contributed by atoms with Crippen molar-refractivity contribution in [3.05, 3.63) is 22.6 Å². The van der Waals surface area contributed by atoms with Gasteiger partial charge in [0, 0.05) is 0 Å². The second kappa shape index (κ2) is 4.37. The summed E-state index contributed by atoms with van der Waals surface area (Å²) in [6.07, 6.45) is 2.55. The first-order valence-electron chi connectivity index (χ1n) is 4.82. The Morgan fingerprint density at radius 2 is 2.47 bits per heavy atom. The fourth-order valence-corrected chi connectivity index (χ4v) is 2.01. The van der Waals surface area contributed by atoms with Crippen LogP contribution in [0, 0.1) is 0 Å². The first-order valence-corrected chi connectivity index (χ1v) is 5.61. The molecule has 1 aromatic rings. The molecule has 5 heteroatoms. The Bertz CT molecular complexity index is 363. The smallest absolute Gasteiger partial charge is 0.288 e. The van der Waals surface area contributed by atoms with Gasteiger partial charge in [0.05, 0.1) is 29.5 Å². The van der Waals surface area contributed by atoms with E-state index in [1.807, 2.05) is 6.92 Å². The molecule has 0 spiro atoms. The van der Waals surface area contributed by atoms with Crippen LogP contribution < -0.4 is 5.32 Å². The lowest BCUT2D eigenvalue weighted by molar-refractivity contribution is 0.0891. The normalized spacial score (nSPS) is 25.5. The molecular weight excluding hydrogens is 262 g/mol. The number of furan rings is 1. The number of carbonyl (C=O) groups is 1. The van der Waals surface area contributed by atoms with E-state index in [4.69, 9.17) is 9.15 Å². The molecular formula is C10H12BrNO3. The summed E-state index contributed by atoms with van der Waals surface area (Å²) in [7, 11) is 0. The van der Waals surface area contributed by atoms with Gasteiger partial charge >= 0.3 is 0 Å². The molecule has 1 amide bonds. The van der Waals surface area contributed by atoms with Crippen LogP contribution in [0.2, 0.25) is 0 Å². The summed E-state index contributed by atoms with van der Waals surface area (Å²) in [4.78, 5) is 11.7. The van der Waals surface area contributed by atoms with Crippen LogP contribution in [0.15, 0.2) is 21.2 Å². The number of ether oxygens (including phenoxy) is 1. The average molecular weight is 274 g/mol. The summed E-state index contributed by atoms with van der Waals surface area (Å²) >= 11 is 3.24. The highest BCUT2D eigenvalue weighted by atomic mass is 79.9. The van der Waals surface area contributed by atoms with E-state index in [1.54, 1.807) is 6.07 Å². The molecule has 4 nitrogen and oxygen atoms in total. The molecule has 1 aromatic heterocycles. The van der Waals surface area contributed by atoms with Gasteiger partial charge in [-0.25, -0.2) is 0 Å². The molecule has 0 saturated carbocycles. The van der Waals surface area contributed by atoms with Gasteiger partial charge in [0.25, 0.3) is 5.91 Å². The number of hydrogen-bond acceptors (Lipinski definition) is 3. The molecule has 82 valence electrons. The summed E-state index contributed by atoms with van der Waals surface area (Å²) in [6.45, 7) is 2.57. The molecule has 1 saturated heterocycles. The van der Waals surface area contributed by atoms with E-state index in [2.05, 4.69) is 21.2 Å². The minimum atomic E-state index is -0.199. The third kappa shape index (κ3) is 2.41. The van der Waals surface area contributed by atoms with Crippen molar-refractivity contribution in [3.63, 3.8) is 0 Å². The van der Waals surface area contributed by atoms with Crippen molar-refractivity contribution in [2.45, 2.75) is 25.5 Å². The zero-order valence-electron chi connectivity index (χ0n) is 8.33. The maximum absolute atomic E-state index is 11.7. The summed E-state index contributed by atoms with van der Waals surface area (Å²) in [5.41, 5.74) is 0. The second-order valence-corrected chi connectivity index (χ2v) is 4.50. The SMILES string of the molecule is CC1CC(NC(=O)c2occc2Br)CO1. The predicted octanol–water partition coefficient (Wildman–Crippen LogP) is 1.95. The van der Waals surface area contributed by atoms with E-state index in [0.717, 1.165) is 6.42 Å². The molecule has 2 unspecified atom stereocenters. The molecule has 1 fully saturated rings. The van der Waals surface area contributed by atoms with Crippen molar-refractivity contribution >= 4 is 21.8 Å². The van der Waals surface area contributed by atoms with Crippen molar-refractivity contribution in [3.8, 4) is 0 Å². The molecule has 15 heavy (non-hydrogen) atoms. The van der Waals surface area contributed by atoms with Crippen LogP contribution in [0.4, 0.5) is 0 Å². The van der Waals surface area contributed by atoms with Crippen LogP contribution in [0.5, 0.6) is 0 Å². The molecule has 0 aliphatic carbocycles. The second-order valence-electron chi connectivity index (χ2n) is 3.65. The lowest BCUT2D eigenvalue weighted by Gasteiger charge is -2.09. The van der Waals surface area contributed by atoms with Gasteiger partial charge in [0.1, 0.15) is 0 Å². The van der Waals surface area contributed by atoms with E-state index in [0.29, 0.717) is 16.8 Å². The Hall–Kier alpha value is -0.810. The van der Waals surface area contributed by atoms with Gasteiger partial charge in [0.15, 0.2) is 0 Å². The van der Waals surface area contributed by atoms with E-state index >= 15 is 0 Å². The lowest BCUT2D eigenvalue weighted by atomic mass is 10.2. The van der Waals surface area contributed by atoms with Crippen LogP contribution in [-0.4, -0.2) is 24.7 Å². The average Bonchev–Trinajstić information content (AvgIpc) is 2.75. The first kappa shape index (κ1) is 10.7. The number of halogens is 1. The van der Waals surface area contributed by atoms with Crippen molar-refractivity contribution < 1.29 is 13.9 Å². The number of nitrogens with one attached hydrogen (secondary N) is 1. The molecule has 1 aliphatic rings. The molecule has 0 bridgehead atoms. The minimum Gasteiger partial charge on any atom is -0.458 e. The van der Waals surface area contributed by atoms with Gasteiger partial charge in [-0.1, -0.05) is 0 Å². The summed E-state index contributed by atoms with van der Waals surface area (Å²) < 4.78 is 11.1. The molecule has 1 aliphatic heterocycles. The number of rotatable bonds is 2. The quantitative estimate of drug-likeness (QED) is 0.896. The Labute approximate surface area is 96.1 Å². The number of carbonyl (C=O) groups excluding carboxylic acids is 1. The maximum Gasteiger partial charge on any atom is 0.288 e. The van der Waals surface area contributed by atoms with E-state index in [1.165, 1.54) is 6.26 Å². The highest BCUT2D eigenvalue weighted by Gasteiger charge is 2.25. The van der Waals surface area contributed by atoms with Gasteiger partial charge in [-0.3, -0.25) is 4.79 Å². The number of hydrogen-bond donors (Lipinski definition) is 1. The van der Waals surface area contributed by atoms with E-state index in [-0.39, 0.29) is 18.1 Å². The van der Waals surface area contributed by atoms with Crippen molar-refractivity contribution in [1.29, 1.82) is 0 Å². The topological polar surface area (TPSA) is 51.5 Å². The van der Waals surface area contributed by atoms with Crippen LogP contribution in [-0.2, 0) is 4.74 Å². The summed E-state index contributed by atoms with van der Waals surface area (Å²) in [6, 6.07) is 1.78. The molecule has 2 atom stereocenters. The van der Waals surface area contributed by atoms with Crippen molar-refractivity contribution in [2.24, 2.45) is 0 Å². The van der Waals surface area contributed by atoms with Gasteiger partial charge in [-0.15, -0.1) is 0 Å². The molecule has 1 N–H and O–H groups in total. The zero-order valence-corrected chi connectivity index (χ0v) is 9.91. The highest BCUT2D eigenvalue weighted by Crippen LogP contribution is 2.18. The highest BCUT2D eigenvalue weighted by molar-refractivity contribution is 9.10. The third-order valence-electron chi connectivity index (χ3n) is 2.36. The Morgan fingerprint density at radius 1 is 1.67 bits per heavy atom. The van der Waals surface area contributed by atoms with Crippen molar-refractivity contribution in [2.75, 3.05) is 6.61 Å². The molecule has 0 aromatic carbocycles. The van der Waals surface area contributed by atoms with E-state index < -0.39 is 0 Å². The summed E-state index contributed by atoms with van der Waals surface area (Å²) in [5.74, 6) is 0.115. The number of amides is 1. The van der Waals surface area contributed by atoms with Gasteiger partial charge in [-0.05, 0) is 35.3 Å². The zero-order chi connectivity index (χ0) is 10.8. The first-order chi connectivity index (χ1) is 7.16. The van der Waals surface area contributed by atoms with Gasteiger partial charge < -0.3 is 14.5 Å². The predicted molar refractivity (Wildman–Crippen MR) is 57.7 cm³/mol. The fraction of sp³-hybridized carbons (Fsp3) is 0.500. The Balaban J connectivity index is 1.96. The van der Waals surface area contributed by atoms with Crippen LogP contribution in [0.3, 0.4) is 0 Å². The largest absolute Gasteiger partial charge is 0.458 e. The Kier molecular flexibility index (Phi) is 3.11. The van der Waals surface area contributed by atoms with Crippen LogP contribution >= 0.6 is 15.9 Å². The monoisotopic (exact) mass is 273 g/mol. The molecule has 0 radical (unpaired) electrons. The Morgan fingerprint density at radius 3 is 3.00 bits per heavy atom. The summed E-state index contributed by atoms with van der Waals surface area (Å²) in [5, 5.41) is 2.86. The van der Waals surface area contributed by atoms with Gasteiger partial charge in [0.2, 0.25) is 5.76 Å². The van der Waals surface area contributed by atoms with Gasteiger partial charge in [-0.2, -0.15) is 0 Å².